The number of hydrogen-bond acceptors (Lipinski definition) is 4. The molecule has 10 heteroatoms. The van der Waals surface area contributed by atoms with Gasteiger partial charge in [0.05, 0.1) is 17.8 Å². The van der Waals surface area contributed by atoms with Crippen molar-refractivity contribution in [3.05, 3.63) is 35.5 Å². The zero-order valence-corrected chi connectivity index (χ0v) is 24.2. The van der Waals surface area contributed by atoms with Crippen LogP contribution in [-0.4, -0.2) is 56.2 Å². The van der Waals surface area contributed by atoms with Crippen molar-refractivity contribution in [2.75, 3.05) is 0 Å². The fraction of sp³-hybridized carbons (Fsp3) is 0.806. The van der Waals surface area contributed by atoms with E-state index in [4.69, 9.17) is 0 Å². The van der Waals surface area contributed by atoms with Crippen LogP contribution in [0.2, 0.25) is 0 Å². The number of halogens is 6. The van der Waals surface area contributed by atoms with Crippen molar-refractivity contribution in [2.45, 2.75) is 134 Å². The number of aliphatic hydroxyl groups is 4. The molecule has 0 amide bonds. The second-order valence-electron chi connectivity index (χ2n) is 13.5. The number of hydrogen-bond donors (Lipinski definition) is 4. The largest absolute Gasteiger partial charge is 0.429 e. The van der Waals surface area contributed by atoms with Crippen LogP contribution < -0.4 is 0 Å². The second-order valence-corrected chi connectivity index (χ2v) is 13.5. The summed E-state index contributed by atoms with van der Waals surface area (Å²) in [6, 6.07) is 0. The summed E-state index contributed by atoms with van der Waals surface area (Å²) in [5.74, 6) is 0.0637. The first-order valence-electron chi connectivity index (χ1n) is 14.8. The minimum absolute atomic E-state index is 0.0355. The van der Waals surface area contributed by atoms with Gasteiger partial charge in [0.15, 0.2) is 0 Å². The van der Waals surface area contributed by atoms with Crippen LogP contribution in [0.15, 0.2) is 35.5 Å². The minimum atomic E-state index is -5.90. The molecule has 3 aliphatic rings. The van der Waals surface area contributed by atoms with E-state index >= 15 is 0 Å². The third-order valence-electron chi connectivity index (χ3n) is 9.71. The monoisotopic (exact) mass is 596 g/mol. The Labute approximate surface area is 239 Å². The molecular formula is C31H46F6O4. The summed E-state index contributed by atoms with van der Waals surface area (Å²) in [4.78, 5) is 0. The number of allylic oxidation sites excluding steroid dienone is 4. The summed E-state index contributed by atoms with van der Waals surface area (Å²) < 4.78 is 79.5. The first-order chi connectivity index (χ1) is 18.8. The fourth-order valence-corrected chi connectivity index (χ4v) is 7.63. The maximum absolute atomic E-state index is 13.2. The molecule has 0 radical (unpaired) electrons. The average molecular weight is 597 g/mol. The zero-order valence-electron chi connectivity index (χ0n) is 24.2. The lowest BCUT2D eigenvalue weighted by Gasteiger charge is -2.45. The summed E-state index contributed by atoms with van der Waals surface area (Å²) in [5, 5.41) is 39.8. The molecule has 3 saturated carbocycles. The van der Waals surface area contributed by atoms with Crippen LogP contribution in [0.25, 0.3) is 0 Å². The molecule has 0 bridgehead atoms. The molecular weight excluding hydrogens is 550 g/mol. The molecule has 0 aliphatic heterocycles. The van der Waals surface area contributed by atoms with E-state index in [0.717, 1.165) is 43.8 Å². The molecule has 0 aromatic rings. The van der Waals surface area contributed by atoms with Gasteiger partial charge in [-0.2, -0.15) is 26.3 Å². The van der Waals surface area contributed by atoms with E-state index in [-0.39, 0.29) is 35.7 Å². The molecule has 3 aliphatic carbocycles. The normalized spacial score (nSPS) is 33.1. The summed E-state index contributed by atoms with van der Waals surface area (Å²) in [6.45, 7) is 5.51. The molecule has 6 atom stereocenters. The van der Waals surface area contributed by atoms with Gasteiger partial charge in [0, 0.05) is 0 Å². The van der Waals surface area contributed by atoms with Crippen molar-refractivity contribution >= 4 is 0 Å². The molecule has 0 aromatic heterocycles. The Hall–Kier alpha value is -1.36. The molecule has 0 spiro atoms. The first-order valence-corrected chi connectivity index (χ1v) is 14.8. The quantitative estimate of drug-likeness (QED) is 0.166. The smallest absolute Gasteiger partial charge is 0.393 e. The van der Waals surface area contributed by atoms with Crippen molar-refractivity contribution in [3.63, 3.8) is 0 Å². The van der Waals surface area contributed by atoms with Gasteiger partial charge in [-0.05, 0) is 114 Å². The average Bonchev–Trinajstić information content (AvgIpc) is 3.16. The highest BCUT2D eigenvalue weighted by Gasteiger charge is 2.69. The van der Waals surface area contributed by atoms with Gasteiger partial charge in [0.25, 0.3) is 5.60 Å². The van der Waals surface area contributed by atoms with Crippen LogP contribution in [0, 0.1) is 23.2 Å². The van der Waals surface area contributed by atoms with E-state index in [9.17, 15) is 46.8 Å². The van der Waals surface area contributed by atoms with E-state index in [2.05, 4.69) is 13.0 Å². The van der Waals surface area contributed by atoms with Gasteiger partial charge in [0.1, 0.15) is 0 Å². The lowest BCUT2D eigenvalue weighted by Crippen LogP contribution is -2.55. The molecule has 0 aromatic carbocycles. The van der Waals surface area contributed by atoms with Crippen molar-refractivity contribution < 1.29 is 46.8 Å². The molecule has 41 heavy (non-hydrogen) atoms. The molecule has 4 nitrogen and oxygen atoms in total. The minimum Gasteiger partial charge on any atom is -0.393 e. The number of rotatable bonds is 9. The van der Waals surface area contributed by atoms with Gasteiger partial charge in [0.2, 0.25) is 0 Å². The Morgan fingerprint density at radius 2 is 1.56 bits per heavy atom. The maximum Gasteiger partial charge on any atom is 0.429 e. The summed E-state index contributed by atoms with van der Waals surface area (Å²) in [5.41, 5.74) is -3.79. The molecule has 236 valence electrons. The third-order valence-corrected chi connectivity index (χ3v) is 9.71. The summed E-state index contributed by atoms with van der Waals surface area (Å²) >= 11 is 0. The maximum atomic E-state index is 13.2. The Morgan fingerprint density at radius 3 is 2.12 bits per heavy atom. The topological polar surface area (TPSA) is 80.9 Å². The molecule has 3 fully saturated rings. The lowest BCUT2D eigenvalue weighted by atomic mass is 9.60. The van der Waals surface area contributed by atoms with Crippen LogP contribution >= 0.6 is 0 Å². The van der Waals surface area contributed by atoms with Gasteiger partial charge in [-0.25, -0.2) is 0 Å². The van der Waals surface area contributed by atoms with Gasteiger partial charge < -0.3 is 20.4 Å². The number of aliphatic hydroxyl groups excluding tert-OH is 2. The van der Waals surface area contributed by atoms with E-state index in [1.807, 2.05) is 6.08 Å². The number of alkyl halides is 6. The predicted molar refractivity (Wildman–Crippen MR) is 145 cm³/mol. The Morgan fingerprint density at radius 1 is 0.951 bits per heavy atom. The molecule has 3 rings (SSSR count). The van der Waals surface area contributed by atoms with E-state index < -0.39 is 35.8 Å². The van der Waals surface area contributed by atoms with Gasteiger partial charge in [-0.3, -0.25) is 0 Å². The van der Waals surface area contributed by atoms with Crippen molar-refractivity contribution in [1.29, 1.82) is 0 Å². The second kappa shape index (κ2) is 12.7. The third kappa shape index (κ3) is 8.18. The standard InChI is InChI=1S/C31H46F6O4/c1-27(2,40)14-4-7-21(9-6-16-29(41,30(32,33)34)31(35,36)37)25-12-13-26-22(8-5-15-28(25,26)3)11-10-20-17-23(38)19-24(39)18-20/h6,10-11,16,21,23-26,38-41H,4-5,7-9,12-15,17-19H2,1-3H3/b16-6+,20-10-,22-11+/t21-,23?,24+,25+,26?,28+/m0/s1. The summed E-state index contributed by atoms with van der Waals surface area (Å²) in [7, 11) is 0. The molecule has 4 N–H and O–H groups in total. The SMILES string of the molecule is CC(C)(O)CCC[C@@H](C/C=C/C(O)(C(F)(F)F)C(F)(F)F)[C@H]1CCC2/C(=C/C=C3/CC(O)C[C@H](O)C3)CCC[C@@]21C. The van der Waals surface area contributed by atoms with E-state index in [1.54, 1.807) is 13.8 Å². The molecule has 2 unspecified atom stereocenters. The van der Waals surface area contributed by atoms with Gasteiger partial charge in [-0.15, -0.1) is 0 Å². The zero-order chi connectivity index (χ0) is 30.9. The van der Waals surface area contributed by atoms with Crippen LogP contribution in [-0.2, 0) is 0 Å². The van der Waals surface area contributed by atoms with Gasteiger partial charge >= 0.3 is 12.4 Å². The lowest BCUT2D eigenvalue weighted by molar-refractivity contribution is -0.347. The predicted octanol–water partition coefficient (Wildman–Crippen LogP) is 7.32. The van der Waals surface area contributed by atoms with Crippen LogP contribution in [0.3, 0.4) is 0 Å². The van der Waals surface area contributed by atoms with Crippen molar-refractivity contribution in [2.24, 2.45) is 23.2 Å². The molecule has 0 heterocycles. The highest BCUT2D eigenvalue weighted by Crippen LogP contribution is 2.60. The fourth-order valence-electron chi connectivity index (χ4n) is 7.63. The number of fused-ring (bicyclic) bond motifs is 1. The van der Waals surface area contributed by atoms with Crippen LogP contribution in [0.4, 0.5) is 26.3 Å². The van der Waals surface area contributed by atoms with Crippen LogP contribution in [0.1, 0.15) is 97.8 Å². The van der Waals surface area contributed by atoms with Crippen LogP contribution in [0.5, 0.6) is 0 Å². The van der Waals surface area contributed by atoms with Crippen molar-refractivity contribution in [3.8, 4) is 0 Å². The Bertz CT molecular complexity index is 951. The highest BCUT2D eigenvalue weighted by molar-refractivity contribution is 5.26. The Kier molecular flexibility index (Phi) is 10.6. The van der Waals surface area contributed by atoms with Gasteiger partial charge in [-0.1, -0.05) is 42.7 Å². The Balaban J connectivity index is 1.85. The highest BCUT2D eigenvalue weighted by atomic mass is 19.4. The van der Waals surface area contributed by atoms with E-state index in [1.165, 1.54) is 5.57 Å². The molecule has 0 saturated heterocycles. The van der Waals surface area contributed by atoms with E-state index in [0.29, 0.717) is 38.5 Å². The first kappa shape index (κ1) is 34.1. The summed E-state index contributed by atoms with van der Waals surface area (Å²) in [6.07, 6.45) is -0.853. The van der Waals surface area contributed by atoms with Crippen molar-refractivity contribution in [1.82, 2.24) is 0 Å².